The number of para-hydroxylation sites is 1. The van der Waals surface area contributed by atoms with Crippen molar-refractivity contribution in [3.8, 4) is 17.3 Å². The summed E-state index contributed by atoms with van der Waals surface area (Å²) in [6.07, 6.45) is 0.655. The first-order valence-electron chi connectivity index (χ1n) is 8.75. The van der Waals surface area contributed by atoms with Gasteiger partial charge in [0.1, 0.15) is 0 Å². The Morgan fingerprint density at radius 3 is 2.80 bits per heavy atom. The monoisotopic (exact) mass is 347 g/mol. The van der Waals surface area contributed by atoms with Gasteiger partial charge >= 0.3 is 0 Å². The van der Waals surface area contributed by atoms with Gasteiger partial charge in [-0.05, 0) is 36.1 Å². The number of aromatic nitrogens is 1. The summed E-state index contributed by atoms with van der Waals surface area (Å²) in [5.74, 6) is 1.57. The van der Waals surface area contributed by atoms with E-state index < -0.39 is 0 Å². The van der Waals surface area contributed by atoms with Gasteiger partial charge in [0.25, 0.3) is 0 Å². The summed E-state index contributed by atoms with van der Waals surface area (Å²) in [6, 6.07) is 19.7. The molecule has 1 fully saturated rings. The van der Waals surface area contributed by atoms with Crippen molar-refractivity contribution in [2.24, 2.45) is 5.92 Å². The molecule has 0 amide bonds. The van der Waals surface area contributed by atoms with Crippen LogP contribution in [0.25, 0.3) is 22.2 Å². The minimum atomic E-state index is 0.505. The van der Waals surface area contributed by atoms with Gasteiger partial charge in [0.15, 0.2) is 0 Å². The fourth-order valence-electron chi connectivity index (χ4n) is 3.51. The third-order valence-corrected chi connectivity index (χ3v) is 5.65. The standard InChI is InChI=1S/C21H21N3S/c1-2-25-17-7-8-21(24-13-15(14-24)9-10-22)18(12-17)20-11-16-5-3-4-6-19(16)23-20/h3-8,11-12,15,23H,2,9,13-14H2,1H3. The molecule has 0 atom stereocenters. The maximum Gasteiger partial charge on any atom is 0.0626 e. The smallest absolute Gasteiger partial charge is 0.0626 e. The second-order valence-electron chi connectivity index (χ2n) is 6.52. The number of anilines is 1. The molecular weight excluding hydrogens is 326 g/mol. The fourth-order valence-corrected chi connectivity index (χ4v) is 4.21. The van der Waals surface area contributed by atoms with E-state index in [2.05, 4.69) is 71.4 Å². The lowest BCUT2D eigenvalue weighted by Gasteiger charge is -2.41. The Balaban J connectivity index is 1.73. The van der Waals surface area contributed by atoms with Crippen LogP contribution in [-0.4, -0.2) is 23.8 Å². The van der Waals surface area contributed by atoms with Gasteiger partial charge < -0.3 is 9.88 Å². The molecule has 1 aliphatic heterocycles. The molecule has 1 aromatic heterocycles. The topological polar surface area (TPSA) is 42.8 Å². The van der Waals surface area contributed by atoms with Crippen LogP contribution in [0, 0.1) is 17.2 Å². The summed E-state index contributed by atoms with van der Waals surface area (Å²) >= 11 is 1.87. The molecule has 0 radical (unpaired) electrons. The van der Waals surface area contributed by atoms with Gasteiger partial charge in [0.05, 0.1) is 6.07 Å². The molecule has 0 spiro atoms. The number of H-pyrrole nitrogens is 1. The van der Waals surface area contributed by atoms with Crippen LogP contribution < -0.4 is 4.90 Å². The molecule has 1 aliphatic rings. The van der Waals surface area contributed by atoms with E-state index in [-0.39, 0.29) is 0 Å². The summed E-state index contributed by atoms with van der Waals surface area (Å²) < 4.78 is 0. The van der Waals surface area contributed by atoms with Crippen LogP contribution in [0.2, 0.25) is 0 Å². The summed E-state index contributed by atoms with van der Waals surface area (Å²) in [6.45, 7) is 4.13. The van der Waals surface area contributed by atoms with Gasteiger partial charge in [-0.25, -0.2) is 0 Å². The van der Waals surface area contributed by atoms with Gasteiger partial charge in [-0.3, -0.25) is 0 Å². The van der Waals surface area contributed by atoms with Crippen LogP contribution in [0.5, 0.6) is 0 Å². The minimum absolute atomic E-state index is 0.505. The molecule has 0 unspecified atom stereocenters. The maximum absolute atomic E-state index is 8.89. The first-order valence-corrected chi connectivity index (χ1v) is 9.74. The normalized spacial score (nSPS) is 14.5. The maximum atomic E-state index is 8.89. The summed E-state index contributed by atoms with van der Waals surface area (Å²) in [4.78, 5) is 7.26. The van der Waals surface area contributed by atoms with Crippen molar-refractivity contribution in [2.45, 2.75) is 18.2 Å². The number of rotatable bonds is 5. The highest BCUT2D eigenvalue weighted by Gasteiger charge is 2.28. The molecule has 0 aliphatic carbocycles. The van der Waals surface area contributed by atoms with Gasteiger partial charge in [0, 0.05) is 58.2 Å². The molecule has 25 heavy (non-hydrogen) atoms. The lowest BCUT2D eigenvalue weighted by atomic mass is 9.94. The molecule has 1 N–H and O–H groups in total. The lowest BCUT2D eigenvalue weighted by molar-refractivity contribution is 0.418. The van der Waals surface area contributed by atoms with Crippen molar-refractivity contribution >= 4 is 28.4 Å². The van der Waals surface area contributed by atoms with Crippen LogP contribution in [0.4, 0.5) is 5.69 Å². The van der Waals surface area contributed by atoms with E-state index in [0.29, 0.717) is 12.3 Å². The Kier molecular flexibility index (Phi) is 4.42. The molecule has 0 saturated carbocycles. The number of thioether (sulfide) groups is 1. The number of nitriles is 1. The van der Waals surface area contributed by atoms with Crippen LogP contribution >= 0.6 is 11.8 Å². The van der Waals surface area contributed by atoms with Gasteiger partial charge in [-0.2, -0.15) is 5.26 Å². The third kappa shape index (κ3) is 3.12. The van der Waals surface area contributed by atoms with Crippen molar-refractivity contribution in [1.82, 2.24) is 4.98 Å². The molecule has 0 bridgehead atoms. The van der Waals surface area contributed by atoms with Crippen molar-refractivity contribution in [2.75, 3.05) is 23.7 Å². The molecule has 3 aromatic rings. The summed E-state index contributed by atoms with van der Waals surface area (Å²) in [5, 5.41) is 10.1. The molecule has 2 heterocycles. The van der Waals surface area contributed by atoms with E-state index in [4.69, 9.17) is 5.26 Å². The predicted octanol–water partition coefficient (Wildman–Crippen LogP) is 5.30. The Hall–Kier alpha value is -2.38. The third-order valence-electron chi connectivity index (χ3n) is 4.78. The van der Waals surface area contributed by atoms with Crippen LogP contribution in [0.3, 0.4) is 0 Å². The number of hydrogen-bond acceptors (Lipinski definition) is 3. The molecular formula is C21H21N3S. The zero-order valence-corrected chi connectivity index (χ0v) is 15.1. The van der Waals surface area contributed by atoms with E-state index in [0.717, 1.165) is 18.8 Å². The first kappa shape index (κ1) is 16.1. The van der Waals surface area contributed by atoms with E-state index >= 15 is 0 Å². The van der Waals surface area contributed by atoms with Gasteiger partial charge in [-0.15, -0.1) is 11.8 Å². The van der Waals surface area contributed by atoms with E-state index in [9.17, 15) is 0 Å². The number of aromatic amines is 1. The van der Waals surface area contributed by atoms with Crippen molar-refractivity contribution in [3.05, 3.63) is 48.5 Å². The van der Waals surface area contributed by atoms with Gasteiger partial charge in [0.2, 0.25) is 0 Å². The number of nitrogens with one attached hydrogen (secondary N) is 1. The molecule has 4 heteroatoms. The summed E-state index contributed by atoms with van der Waals surface area (Å²) in [7, 11) is 0. The molecule has 2 aromatic carbocycles. The second kappa shape index (κ2) is 6.85. The fraction of sp³-hybridized carbons (Fsp3) is 0.286. The van der Waals surface area contributed by atoms with Crippen molar-refractivity contribution in [1.29, 1.82) is 5.26 Å². The van der Waals surface area contributed by atoms with Crippen LogP contribution in [-0.2, 0) is 0 Å². The zero-order valence-electron chi connectivity index (χ0n) is 14.3. The average Bonchev–Trinajstić information content (AvgIpc) is 3.02. The summed E-state index contributed by atoms with van der Waals surface area (Å²) in [5.41, 5.74) is 4.85. The largest absolute Gasteiger partial charge is 0.370 e. The van der Waals surface area contributed by atoms with E-state index in [1.54, 1.807) is 0 Å². The lowest BCUT2D eigenvalue weighted by Crippen LogP contribution is -2.46. The second-order valence-corrected chi connectivity index (χ2v) is 7.85. The highest BCUT2D eigenvalue weighted by atomic mass is 32.2. The number of fused-ring (bicyclic) bond motifs is 1. The number of hydrogen-bond donors (Lipinski definition) is 1. The SMILES string of the molecule is CCSc1ccc(N2CC(CC#N)C2)c(-c2cc3ccccc3[nH]2)c1. The van der Waals surface area contributed by atoms with E-state index in [1.165, 1.54) is 32.7 Å². The first-order chi connectivity index (χ1) is 12.3. The average molecular weight is 347 g/mol. The van der Waals surface area contributed by atoms with Gasteiger partial charge in [-0.1, -0.05) is 25.1 Å². The zero-order chi connectivity index (χ0) is 17.2. The Morgan fingerprint density at radius 1 is 1.20 bits per heavy atom. The minimum Gasteiger partial charge on any atom is -0.370 e. The number of nitrogens with zero attached hydrogens (tertiary/aromatic N) is 2. The van der Waals surface area contributed by atoms with Crippen molar-refractivity contribution in [3.63, 3.8) is 0 Å². The molecule has 3 nitrogen and oxygen atoms in total. The highest BCUT2D eigenvalue weighted by Crippen LogP contribution is 2.38. The Morgan fingerprint density at radius 2 is 2.04 bits per heavy atom. The predicted molar refractivity (Wildman–Crippen MR) is 106 cm³/mol. The molecule has 1 saturated heterocycles. The quantitative estimate of drug-likeness (QED) is 0.637. The Labute approximate surface area is 152 Å². The molecule has 4 rings (SSSR count). The Bertz CT molecular complexity index is 899. The van der Waals surface area contributed by atoms with Crippen LogP contribution in [0.1, 0.15) is 13.3 Å². The highest BCUT2D eigenvalue weighted by molar-refractivity contribution is 7.99. The van der Waals surface area contributed by atoms with E-state index in [1.807, 2.05) is 11.8 Å². The van der Waals surface area contributed by atoms with Crippen molar-refractivity contribution < 1.29 is 0 Å². The molecule has 126 valence electrons. The van der Waals surface area contributed by atoms with Crippen LogP contribution in [0.15, 0.2) is 53.4 Å². The number of benzene rings is 2.